The minimum absolute atomic E-state index is 0. The Morgan fingerprint density at radius 3 is 2.14 bits per heavy atom. The third-order valence-electron chi connectivity index (χ3n) is 8.96. The van der Waals surface area contributed by atoms with Gasteiger partial charge in [-0.25, -0.2) is 9.13 Å². The van der Waals surface area contributed by atoms with Gasteiger partial charge >= 0.3 is 0 Å². The van der Waals surface area contributed by atoms with Crippen molar-refractivity contribution in [3.63, 3.8) is 0 Å². The molecule has 0 radical (unpaired) electrons. The van der Waals surface area contributed by atoms with E-state index in [9.17, 15) is 4.79 Å². The predicted octanol–water partition coefficient (Wildman–Crippen LogP) is 2.87. The number of nitrogens with zero attached hydrogens (tertiary/aromatic N) is 2. The van der Waals surface area contributed by atoms with Gasteiger partial charge in [0, 0.05) is 6.92 Å². The number of aryl methyl sites for hydroxylation is 1. The molecule has 36 heavy (non-hydrogen) atoms. The lowest BCUT2D eigenvalue weighted by Gasteiger charge is -2.37. The molecule has 1 amide bonds. The number of benzene rings is 2. The smallest absolute Gasteiger partial charge is 0.253 e. The molecular weight excluding hydrogens is 510 g/mol. The van der Waals surface area contributed by atoms with Crippen LogP contribution in [-0.2, 0) is 16.8 Å². The summed E-state index contributed by atoms with van der Waals surface area (Å²) in [5.74, 6) is 2.14. The minimum Gasteiger partial charge on any atom is -1.00 e. The highest BCUT2D eigenvalue weighted by Crippen LogP contribution is 2.50. The van der Waals surface area contributed by atoms with Crippen molar-refractivity contribution < 1.29 is 26.3 Å². The Morgan fingerprint density at radius 1 is 0.944 bits per heavy atom. The minimum atomic E-state index is -0.810. The Labute approximate surface area is 226 Å². The summed E-state index contributed by atoms with van der Waals surface area (Å²) in [6, 6.07) is 20.8. The molecular formula is C31H40BrN3O. The van der Waals surface area contributed by atoms with Gasteiger partial charge in [-0.3, -0.25) is 4.79 Å². The van der Waals surface area contributed by atoms with Gasteiger partial charge in [-0.2, -0.15) is 0 Å². The second kappa shape index (κ2) is 11.8. The Kier molecular flexibility index (Phi) is 8.71. The predicted molar refractivity (Wildman–Crippen MR) is 140 cm³/mol. The second-order valence-electron chi connectivity index (χ2n) is 10.8. The van der Waals surface area contributed by atoms with Crippen LogP contribution >= 0.6 is 0 Å². The number of imidazole rings is 1. The lowest BCUT2D eigenvalue weighted by molar-refractivity contribution is -0.703. The fourth-order valence-corrected chi connectivity index (χ4v) is 7.07. The Bertz CT molecular complexity index is 1080. The van der Waals surface area contributed by atoms with Gasteiger partial charge in [0.05, 0.1) is 6.54 Å². The molecule has 3 aromatic rings. The topological polar surface area (TPSA) is 51.9 Å². The molecule has 1 aromatic heterocycles. The standard InChI is InChI=1S/C31H39N3O.BrH/c1-24-33(20-19-25-11-5-2-6-12-25)21-22-34(24)29-18-17-28(23-29)31(30(32)35,26-13-7-3-8-14-26)27-15-9-4-10-16-27;/h3-4,7-10,13-16,21-22,25,28-29H,2,5-6,11-12,17-20,23H2,1H3,(H-,32,35);1H/t28-,29+;/m1./s1. The molecule has 0 bridgehead atoms. The number of carbonyl (C=O) groups excluding carboxylic acids is 1. The van der Waals surface area contributed by atoms with E-state index in [1.807, 2.05) is 36.4 Å². The lowest BCUT2D eigenvalue weighted by Crippen LogP contribution is -3.00. The monoisotopic (exact) mass is 549 g/mol. The zero-order valence-corrected chi connectivity index (χ0v) is 23.1. The fourth-order valence-electron chi connectivity index (χ4n) is 7.07. The molecule has 5 rings (SSSR count). The van der Waals surface area contributed by atoms with E-state index in [-0.39, 0.29) is 28.8 Å². The number of hydrogen-bond donors (Lipinski definition) is 1. The number of hydrogen-bond acceptors (Lipinski definition) is 1. The van der Waals surface area contributed by atoms with Gasteiger partial charge in [0.15, 0.2) is 0 Å². The third-order valence-corrected chi connectivity index (χ3v) is 8.96. The van der Waals surface area contributed by atoms with Crippen LogP contribution in [0.15, 0.2) is 73.1 Å². The van der Waals surface area contributed by atoms with Crippen molar-refractivity contribution in [2.75, 3.05) is 0 Å². The van der Waals surface area contributed by atoms with Crippen LogP contribution in [0.5, 0.6) is 0 Å². The summed E-state index contributed by atoms with van der Waals surface area (Å²) in [7, 11) is 0. The van der Waals surface area contributed by atoms with Gasteiger partial charge in [-0.1, -0.05) is 92.8 Å². The summed E-state index contributed by atoms with van der Waals surface area (Å²) in [6.45, 7) is 3.36. The zero-order chi connectivity index (χ0) is 24.3. The summed E-state index contributed by atoms with van der Waals surface area (Å²) in [6.07, 6.45) is 15.8. The Morgan fingerprint density at radius 2 is 1.56 bits per heavy atom. The van der Waals surface area contributed by atoms with E-state index in [1.165, 1.54) is 44.3 Å². The van der Waals surface area contributed by atoms with Crippen LogP contribution in [0.2, 0.25) is 0 Å². The van der Waals surface area contributed by atoms with Gasteiger partial charge in [0.2, 0.25) is 5.91 Å². The highest BCUT2D eigenvalue weighted by Gasteiger charge is 2.51. The Balaban J connectivity index is 0.00000304. The van der Waals surface area contributed by atoms with Crippen LogP contribution in [0, 0.1) is 18.8 Å². The molecule has 5 heteroatoms. The molecule has 0 saturated heterocycles. The zero-order valence-electron chi connectivity index (χ0n) is 21.5. The first-order valence-electron chi connectivity index (χ1n) is 13.6. The first-order valence-corrected chi connectivity index (χ1v) is 13.6. The van der Waals surface area contributed by atoms with E-state index in [1.54, 1.807) is 0 Å². The highest BCUT2D eigenvalue weighted by molar-refractivity contribution is 5.91. The average Bonchev–Trinajstić information content (AvgIpc) is 3.52. The molecule has 192 valence electrons. The van der Waals surface area contributed by atoms with Crippen LogP contribution in [-0.4, -0.2) is 10.5 Å². The molecule has 2 aliphatic rings. The molecule has 1 heterocycles. The number of rotatable bonds is 8. The number of halogens is 1. The molecule has 2 fully saturated rings. The van der Waals surface area contributed by atoms with Gasteiger partial charge in [-0.15, -0.1) is 0 Å². The molecule has 0 spiro atoms. The van der Waals surface area contributed by atoms with Gasteiger partial charge in [-0.05, 0) is 48.6 Å². The van der Waals surface area contributed by atoms with Crippen LogP contribution in [0.25, 0.3) is 0 Å². The van der Waals surface area contributed by atoms with Crippen molar-refractivity contribution >= 4 is 5.91 Å². The molecule has 0 aliphatic heterocycles. The maximum Gasteiger partial charge on any atom is 0.253 e. The quantitative estimate of drug-likeness (QED) is 0.431. The SMILES string of the molecule is Cc1n([C@H]2CC[C@@H](C(C(N)=O)(c3ccccc3)c3ccccc3)C2)cc[n+]1CCC1CCCCC1.[Br-]. The van der Waals surface area contributed by atoms with Gasteiger partial charge in [0.1, 0.15) is 23.9 Å². The fraction of sp³-hybridized carbons (Fsp3) is 0.484. The largest absolute Gasteiger partial charge is 1.00 e. The van der Waals surface area contributed by atoms with Gasteiger partial charge < -0.3 is 22.7 Å². The lowest BCUT2D eigenvalue weighted by atomic mass is 9.64. The number of aromatic nitrogens is 2. The maximum atomic E-state index is 13.4. The van der Waals surface area contributed by atoms with Crippen LogP contribution in [0.4, 0.5) is 0 Å². The maximum absolute atomic E-state index is 13.4. The second-order valence-corrected chi connectivity index (χ2v) is 10.8. The van der Waals surface area contributed by atoms with Gasteiger partial charge in [0.25, 0.3) is 5.82 Å². The molecule has 2 aliphatic carbocycles. The van der Waals surface area contributed by atoms with Crippen molar-refractivity contribution in [1.82, 2.24) is 4.57 Å². The van der Waals surface area contributed by atoms with Crippen LogP contribution < -0.4 is 27.3 Å². The van der Waals surface area contributed by atoms with Crippen molar-refractivity contribution in [2.45, 2.75) is 82.7 Å². The van der Waals surface area contributed by atoms with Crippen molar-refractivity contribution in [3.05, 3.63) is 90.0 Å². The summed E-state index contributed by atoms with van der Waals surface area (Å²) >= 11 is 0. The number of primary amides is 1. The van der Waals surface area contributed by atoms with E-state index in [2.05, 4.69) is 52.7 Å². The Hall–Kier alpha value is -2.40. The normalized spacial score (nSPS) is 20.7. The number of nitrogens with two attached hydrogens (primary N) is 1. The molecule has 0 unspecified atom stereocenters. The summed E-state index contributed by atoms with van der Waals surface area (Å²) in [5, 5.41) is 0. The van der Waals surface area contributed by atoms with E-state index < -0.39 is 5.41 Å². The number of amides is 1. The molecule has 2 atom stereocenters. The first kappa shape index (κ1) is 26.7. The van der Waals surface area contributed by atoms with Crippen molar-refractivity contribution in [2.24, 2.45) is 17.6 Å². The summed E-state index contributed by atoms with van der Waals surface area (Å²) in [5.41, 5.74) is 7.50. The molecule has 4 nitrogen and oxygen atoms in total. The van der Waals surface area contributed by atoms with E-state index in [4.69, 9.17) is 5.73 Å². The van der Waals surface area contributed by atoms with E-state index in [0.29, 0.717) is 6.04 Å². The molecule has 2 saturated carbocycles. The molecule has 2 N–H and O–H groups in total. The highest BCUT2D eigenvalue weighted by atomic mass is 79.9. The first-order chi connectivity index (χ1) is 17.1. The number of carbonyl (C=O) groups is 1. The molecule has 2 aromatic carbocycles. The average molecular weight is 551 g/mol. The third kappa shape index (κ3) is 5.04. The van der Waals surface area contributed by atoms with Crippen LogP contribution in [0.3, 0.4) is 0 Å². The van der Waals surface area contributed by atoms with E-state index >= 15 is 0 Å². The van der Waals surface area contributed by atoms with Crippen molar-refractivity contribution in [1.29, 1.82) is 0 Å². The van der Waals surface area contributed by atoms with Crippen LogP contribution in [0.1, 0.15) is 80.8 Å². The summed E-state index contributed by atoms with van der Waals surface area (Å²) < 4.78 is 4.90. The van der Waals surface area contributed by atoms with Crippen molar-refractivity contribution in [3.8, 4) is 0 Å². The van der Waals surface area contributed by atoms with E-state index in [0.717, 1.165) is 42.9 Å². The summed E-state index contributed by atoms with van der Waals surface area (Å²) in [4.78, 5) is 13.4.